The van der Waals surface area contributed by atoms with E-state index in [0.717, 1.165) is 34.6 Å². The Morgan fingerprint density at radius 1 is 0.938 bits per heavy atom. The fourth-order valence-corrected chi connectivity index (χ4v) is 3.68. The molecule has 0 radical (unpaired) electrons. The third-order valence-corrected chi connectivity index (χ3v) is 5.58. The second kappa shape index (κ2) is 8.37. The predicted octanol–water partition coefficient (Wildman–Crippen LogP) is 4.40. The van der Waals surface area contributed by atoms with Crippen molar-refractivity contribution < 1.29 is 14.0 Å². The molecule has 0 saturated heterocycles. The van der Waals surface area contributed by atoms with Crippen molar-refractivity contribution in [1.82, 2.24) is 25.1 Å². The normalized spacial score (nSPS) is 17.2. The van der Waals surface area contributed by atoms with Crippen molar-refractivity contribution in [2.45, 2.75) is 26.2 Å². The Morgan fingerprint density at radius 3 is 2.44 bits per heavy atom. The molecule has 1 aliphatic rings. The summed E-state index contributed by atoms with van der Waals surface area (Å²) < 4.78 is 16.6. The maximum Gasteiger partial charge on any atom is 0.257 e. The van der Waals surface area contributed by atoms with Crippen LogP contribution < -0.4 is 9.47 Å². The summed E-state index contributed by atoms with van der Waals surface area (Å²) in [6.45, 7) is 4.24. The van der Waals surface area contributed by atoms with E-state index in [0.29, 0.717) is 41.9 Å². The van der Waals surface area contributed by atoms with Crippen LogP contribution in [0, 0.1) is 19.8 Å². The fourth-order valence-electron chi connectivity index (χ4n) is 3.68. The van der Waals surface area contributed by atoms with E-state index in [-0.39, 0.29) is 0 Å². The van der Waals surface area contributed by atoms with Crippen molar-refractivity contribution in [1.29, 1.82) is 0 Å². The number of aromatic nitrogens is 5. The van der Waals surface area contributed by atoms with Gasteiger partial charge >= 0.3 is 0 Å². The van der Waals surface area contributed by atoms with Gasteiger partial charge in [0.15, 0.2) is 5.82 Å². The highest BCUT2D eigenvalue weighted by Crippen LogP contribution is 2.47. The summed E-state index contributed by atoms with van der Waals surface area (Å²) in [4.78, 5) is 17.7. The van der Waals surface area contributed by atoms with Crippen LogP contribution in [0.3, 0.4) is 0 Å². The van der Waals surface area contributed by atoms with Crippen molar-refractivity contribution in [3.63, 3.8) is 0 Å². The number of pyridine rings is 1. The van der Waals surface area contributed by atoms with Crippen LogP contribution in [-0.2, 0) is 0 Å². The van der Waals surface area contributed by atoms with E-state index in [4.69, 9.17) is 14.0 Å². The van der Waals surface area contributed by atoms with E-state index in [9.17, 15) is 0 Å². The molecule has 1 aliphatic carbocycles. The third-order valence-electron chi connectivity index (χ3n) is 5.58. The summed E-state index contributed by atoms with van der Waals surface area (Å²) >= 11 is 0. The van der Waals surface area contributed by atoms with Crippen LogP contribution in [0.1, 0.15) is 29.7 Å². The zero-order valence-electron chi connectivity index (χ0n) is 18.1. The molecule has 0 bridgehead atoms. The Morgan fingerprint density at radius 2 is 1.75 bits per heavy atom. The van der Waals surface area contributed by atoms with Gasteiger partial charge in [0.2, 0.25) is 5.88 Å². The van der Waals surface area contributed by atoms with Gasteiger partial charge in [0.25, 0.3) is 5.89 Å². The molecule has 0 aliphatic heterocycles. The van der Waals surface area contributed by atoms with Crippen LogP contribution in [0.15, 0.2) is 53.3 Å². The quantitative estimate of drug-likeness (QED) is 0.427. The van der Waals surface area contributed by atoms with Gasteiger partial charge in [-0.25, -0.2) is 4.98 Å². The van der Waals surface area contributed by atoms with Gasteiger partial charge in [0.05, 0.1) is 25.5 Å². The van der Waals surface area contributed by atoms with Gasteiger partial charge < -0.3 is 14.0 Å². The first kappa shape index (κ1) is 20.1. The van der Waals surface area contributed by atoms with E-state index in [1.165, 1.54) is 0 Å². The first-order valence-corrected chi connectivity index (χ1v) is 10.5. The summed E-state index contributed by atoms with van der Waals surface area (Å²) in [5.74, 6) is 3.96. The second-order valence-corrected chi connectivity index (χ2v) is 7.90. The van der Waals surface area contributed by atoms with Crippen LogP contribution in [0.5, 0.6) is 11.6 Å². The van der Waals surface area contributed by atoms with Gasteiger partial charge in [-0.05, 0) is 50.1 Å². The highest BCUT2D eigenvalue weighted by Gasteiger charge is 2.40. The Hall–Kier alpha value is -3.81. The molecule has 3 heterocycles. The SMILES string of the molecule is COc1ccc(C2C[C@@H]2COc2nc(C)ncc2-c2ccc(-c3nc(C)no3)cc2)nc1. The molecule has 0 spiro atoms. The average Bonchev–Trinajstić information content (AvgIpc) is 3.48. The Balaban J connectivity index is 1.29. The molecule has 5 rings (SSSR count). The summed E-state index contributed by atoms with van der Waals surface area (Å²) in [5, 5.41) is 3.84. The zero-order chi connectivity index (χ0) is 22.1. The highest BCUT2D eigenvalue weighted by molar-refractivity contribution is 5.70. The number of nitrogens with zero attached hydrogens (tertiary/aromatic N) is 5. The lowest BCUT2D eigenvalue weighted by Gasteiger charge is -2.11. The predicted molar refractivity (Wildman–Crippen MR) is 117 cm³/mol. The molecular formula is C24H23N5O3. The topological polar surface area (TPSA) is 96.1 Å². The van der Waals surface area contributed by atoms with Crippen LogP contribution in [-0.4, -0.2) is 38.8 Å². The maximum atomic E-state index is 6.17. The van der Waals surface area contributed by atoms with Crippen LogP contribution >= 0.6 is 0 Å². The molecule has 32 heavy (non-hydrogen) atoms. The number of methoxy groups -OCH3 is 1. The van der Waals surface area contributed by atoms with E-state index >= 15 is 0 Å². The Labute approximate surface area is 185 Å². The monoisotopic (exact) mass is 429 g/mol. The molecule has 1 fully saturated rings. The number of hydrogen-bond acceptors (Lipinski definition) is 8. The number of ether oxygens (including phenoxy) is 2. The van der Waals surface area contributed by atoms with Crippen molar-refractivity contribution in [3.05, 3.63) is 66.1 Å². The highest BCUT2D eigenvalue weighted by atomic mass is 16.5. The minimum Gasteiger partial charge on any atom is -0.495 e. The average molecular weight is 429 g/mol. The van der Waals surface area contributed by atoms with Gasteiger partial charge in [-0.3, -0.25) is 4.98 Å². The van der Waals surface area contributed by atoms with Gasteiger partial charge in [-0.2, -0.15) is 9.97 Å². The molecular weight excluding hydrogens is 406 g/mol. The summed E-state index contributed by atoms with van der Waals surface area (Å²) in [6, 6.07) is 11.8. The number of hydrogen-bond donors (Lipinski definition) is 0. The molecule has 0 amide bonds. The van der Waals surface area contributed by atoms with Crippen LogP contribution in [0.4, 0.5) is 0 Å². The minimum atomic E-state index is 0.407. The molecule has 3 aromatic heterocycles. The van der Waals surface area contributed by atoms with Gasteiger partial charge in [0, 0.05) is 29.3 Å². The van der Waals surface area contributed by atoms with Crippen LogP contribution in [0.2, 0.25) is 0 Å². The zero-order valence-corrected chi connectivity index (χ0v) is 18.1. The second-order valence-electron chi connectivity index (χ2n) is 7.90. The molecule has 1 saturated carbocycles. The van der Waals surface area contributed by atoms with Gasteiger partial charge in [-0.1, -0.05) is 17.3 Å². The molecule has 4 aromatic rings. The summed E-state index contributed by atoms with van der Waals surface area (Å²) in [7, 11) is 1.64. The molecule has 8 nitrogen and oxygen atoms in total. The van der Waals surface area contributed by atoms with E-state index in [1.54, 1.807) is 26.4 Å². The van der Waals surface area contributed by atoms with Crippen molar-refractivity contribution in [2.75, 3.05) is 13.7 Å². The lowest BCUT2D eigenvalue weighted by molar-refractivity contribution is 0.285. The van der Waals surface area contributed by atoms with E-state index in [2.05, 4.69) is 25.1 Å². The van der Waals surface area contributed by atoms with Crippen LogP contribution in [0.25, 0.3) is 22.6 Å². The number of aryl methyl sites for hydroxylation is 2. The lowest BCUT2D eigenvalue weighted by atomic mass is 10.1. The number of rotatable bonds is 7. The third kappa shape index (κ3) is 4.16. The summed E-state index contributed by atoms with van der Waals surface area (Å²) in [5.41, 5.74) is 3.75. The molecule has 8 heteroatoms. The Bertz CT molecular complexity index is 1220. The van der Waals surface area contributed by atoms with E-state index < -0.39 is 0 Å². The molecule has 1 aromatic carbocycles. The number of benzene rings is 1. The fraction of sp³-hybridized carbons (Fsp3) is 0.292. The molecule has 0 N–H and O–H groups in total. The maximum absolute atomic E-state index is 6.17. The Kier molecular flexibility index (Phi) is 5.26. The molecule has 2 atom stereocenters. The smallest absolute Gasteiger partial charge is 0.257 e. The summed E-state index contributed by atoms with van der Waals surface area (Å²) in [6.07, 6.45) is 4.62. The van der Waals surface area contributed by atoms with E-state index in [1.807, 2.05) is 43.3 Å². The van der Waals surface area contributed by atoms with Gasteiger partial charge in [0.1, 0.15) is 11.6 Å². The van der Waals surface area contributed by atoms with Crippen molar-refractivity contribution in [2.24, 2.45) is 5.92 Å². The first-order chi connectivity index (χ1) is 15.6. The minimum absolute atomic E-state index is 0.407. The van der Waals surface area contributed by atoms with Crippen molar-refractivity contribution in [3.8, 4) is 34.2 Å². The largest absolute Gasteiger partial charge is 0.495 e. The molecule has 162 valence electrons. The lowest BCUT2D eigenvalue weighted by Crippen LogP contribution is -2.05. The molecule has 1 unspecified atom stereocenters. The van der Waals surface area contributed by atoms with Crippen molar-refractivity contribution >= 4 is 0 Å². The van der Waals surface area contributed by atoms with Gasteiger partial charge in [-0.15, -0.1) is 0 Å². The first-order valence-electron chi connectivity index (χ1n) is 10.5. The standard InChI is InChI=1S/C24H23N5O3/c1-14-25-12-21(16-4-6-17(7-5-16)23-28-15(2)29-32-23)24(27-14)31-13-18-10-20(18)22-9-8-19(30-3)11-26-22/h4-9,11-12,18,20H,10,13H2,1-3H3/t18-,20?/m1/s1.